The first-order valence-electron chi connectivity index (χ1n) is 5.86. The van der Waals surface area contributed by atoms with E-state index in [0.29, 0.717) is 0 Å². The summed E-state index contributed by atoms with van der Waals surface area (Å²) >= 11 is 9.42. The van der Waals surface area contributed by atoms with Gasteiger partial charge in [-0.2, -0.15) is 0 Å². The van der Waals surface area contributed by atoms with Crippen molar-refractivity contribution in [3.05, 3.63) is 40.4 Å². The number of hydrogen-bond donors (Lipinski definition) is 1. The minimum atomic E-state index is 0.784. The molecule has 0 spiro atoms. The lowest BCUT2D eigenvalue weighted by molar-refractivity contribution is 0.669. The zero-order chi connectivity index (χ0) is 12.8. The molecule has 1 aromatic carbocycles. The summed E-state index contributed by atoms with van der Waals surface area (Å²) in [6.45, 7) is 4.03. The van der Waals surface area contributed by atoms with Crippen LogP contribution in [0.5, 0.6) is 0 Å². The smallest absolute Gasteiger partial charge is 0.154 e. The van der Waals surface area contributed by atoms with Gasteiger partial charge < -0.3 is 5.32 Å². The maximum atomic E-state index is 6.06. The average molecular weight is 299 g/mol. The maximum absolute atomic E-state index is 6.06. The Morgan fingerprint density at radius 1 is 1.44 bits per heavy atom. The van der Waals surface area contributed by atoms with Crippen molar-refractivity contribution in [2.24, 2.45) is 0 Å². The molecule has 0 aliphatic heterocycles. The van der Waals surface area contributed by atoms with Crippen molar-refractivity contribution in [3.63, 3.8) is 0 Å². The minimum Gasteiger partial charge on any atom is -0.313 e. The molecule has 0 unspecified atom stereocenters. The summed E-state index contributed by atoms with van der Waals surface area (Å²) in [4.78, 5) is 5.52. The van der Waals surface area contributed by atoms with Crippen molar-refractivity contribution in [1.29, 1.82) is 0 Å². The highest BCUT2D eigenvalue weighted by Gasteiger charge is 2.06. The fraction of sp³-hybridized carbons (Fsp3) is 0.308. The normalized spacial score (nSPS) is 10.8. The van der Waals surface area contributed by atoms with Crippen LogP contribution >= 0.6 is 34.7 Å². The number of halogens is 1. The van der Waals surface area contributed by atoms with Gasteiger partial charge in [0.25, 0.3) is 0 Å². The molecule has 2 aromatic rings. The van der Waals surface area contributed by atoms with Gasteiger partial charge in [-0.15, -0.1) is 11.3 Å². The Labute approximate surface area is 121 Å². The molecule has 18 heavy (non-hydrogen) atoms. The number of benzene rings is 1. The molecule has 0 fully saturated rings. The van der Waals surface area contributed by atoms with Crippen LogP contribution in [0.2, 0.25) is 5.02 Å². The van der Waals surface area contributed by atoms with Crippen LogP contribution in [-0.4, -0.2) is 11.5 Å². The van der Waals surface area contributed by atoms with Crippen LogP contribution in [0.15, 0.2) is 39.0 Å². The lowest BCUT2D eigenvalue weighted by atomic mass is 10.2. The third-order valence-electron chi connectivity index (χ3n) is 2.37. The number of thiazole rings is 1. The van der Waals surface area contributed by atoms with Crippen molar-refractivity contribution in [1.82, 2.24) is 10.3 Å². The lowest BCUT2D eigenvalue weighted by Gasteiger charge is -2.09. The summed E-state index contributed by atoms with van der Waals surface area (Å²) in [5.41, 5.74) is 1.23. The van der Waals surface area contributed by atoms with E-state index in [9.17, 15) is 0 Å². The van der Waals surface area contributed by atoms with E-state index in [4.69, 9.17) is 11.6 Å². The summed E-state index contributed by atoms with van der Waals surface area (Å²) in [5, 5.41) is 6.19. The molecule has 0 aliphatic carbocycles. The van der Waals surface area contributed by atoms with Crippen molar-refractivity contribution >= 4 is 34.7 Å². The third-order valence-corrected chi connectivity index (χ3v) is 4.61. The SMILES string of the molecule is CCCNCc1cc(Cl)ccc1Sc1nccs1. The quantitative estimate of drug-likeness (QED) is 0.798. The summed E-state index contributed by atoms with van der Waals surface area (Å²) in [6.07, 6.45) is 2.97. The van der Waals surface area contributed by atoms with Crippen LogP contribution in [0.3, 0.4) is 0 Å². The monoisotopic (exact) mass is 298 g/mol. The van der Waals surface area contributed by atoms with E-state index in [2.05, 4.69) is 23.3 Å². The Balaban J connectivity index is 2.12. The molecule has 0 bridgehead atoms. The van der Waals surface area contributed by atoms with Crippen molar-refractivity contribution < 1.29 is 0 Å². The Hall–Kier alpha value is -0.550. The van der Waals surface area contributed by atoms with Gasteiger partial charge in [0.2, 0.25) is 0 Å². The largest absolute Gasteiger partial charge is 0.313 e. The summed E-state index contributed by atoms with van der Waals surface area (Å²) in [7, 11) is 0. The standard InChI is InChI=1S/C13H15ClN2S2/c1-2-5-15-9-10-8-11(14)3-4-12(10)18-13-16-6-7-17-13/h3-4,6-8,15H,2,5,9H2,1H3. The number of nitrogens with zero attached hydrogens (tertiary/aromatic N) is 1. The van der Waals surface area contributed by atoms with E-state index in [1.165, 1.54) is 10.5 Å². The van der Waals surface area contributed by atoms with E-state index in [-0.39, 0.29) is 0 Å². The molecule has 0 saturated heterocycles. The van der Waals surface area contributed by atoms with Gasteiger partial charge in [0.1, 0.15) is 0 Å². The van der Waals surface area contributed by atoms with Gasteiger partial charge in [0.15, 0.2) is 4.34 Å². The molecule has 0 radical (unpaired) electrons. The average Bonchev–Trinajstić information content (AvgIpc) is 2.86. The number of rotatable bonds is 6. The second-order valence-corrected chi connectivity index (χ2v) is 6.45. The maximum Gasteiger partial charge on any atom is 0.154 e. The van der Waals surface area contributed by atoms with E-state index < -0.39 is 0 Å². The highest BCUT2D eigenvalue weighted by Crippen LogP contribution is 2.33. The van der Waals surface area contributed by atoms with Gasteiger partial charge in [0.05, 0.1) is 0 Å². The Morgan fingerprint density at radius 2 is 2.33 bits per heavy atom. The van der Waals surface area contributed by atoms with E-state index in [1.54, 1.807) is 23.1 Å². The van der Waals surface area contributed by atoms with Gasteiger partial charge in [0, 0.05) is 28.0 Å². The molecule has 5 heteroatoms. The van der Waals surface area contributed by atoms with Crippen molar-refractivity contribution in [2.45, 2.75) is 29.1 Å². The first-order chi connectivity index (χ1) is 8.79. The molecule has 0 amide bonds. The molecule has 0 aliphatic rings. The van der Waals surface area contributed by atoms with Crippen LogP contribution in [0.25, 0.3) is 0 Å². The van der Waals surface area contributed by atoms with Crippen LogP contribution in [0.1, 0.15) is 18.9 Å². The molecule has 1 heterocycles. The first-order valence-corrected chi connectivity index (χ1v) is 7.93. The Morgan fingerprint density at radius 3 is 3.06 bits per heavy atom. The van der Waals surface area contributed by atoms with Gasteiger partial charge >= 0.3 is 0 Å². The fourth-order valence-corrected chi connectivity index (χ4v) is 3.42. The second kappa shape index (κ2) is 7.14. The predicted octanol–water partition coefficient (Wildman–Crippen LogP) is 4.45. The van der Waals surface area contributed by atoms with E-state index in [0.717, 1.165) is 28.9 Å². The second-order valence-electron chi connectivity index (χ2n) is 3.83. The number of hydrogen-bond acceptors (Lipinski definition) is 4. The zero-order valence-corrected chi connectivity index (χ0v) is 12.5. The molecular weight excluding hydrogens is 284 g/mol. The van der Waals surface area contributed by atoms with Crippen LogP contribution < -0.4 is 5.32 Å². The summed E-state index contributed by atoms with van der Waals surface area (Å²) in [5.74, 6) is 0. The molecular formula is C13H15ClN2S2. The highest BCUT2D eigenvalue weighted by molar-refractivity contribution is 8.01. The topological polar surface area (TPSA) is 24.9 Å². The molecule has 1 N–H and O–H groups in total. The molecule has 2 rings (SSSR count). The van der Waals surface area contributed by atoms with E-state index in [1.807, 2.05) is 23.7 Å². The number of aromatic nitrogens is 1. The Bertz CT molecular complexity index is 486. The molecule has 0 saturated carbocycles. The summed E-state index contributed by atoms with van der Waals surface area (Å²) in [6, 6.07) is 6.03. The molecule has 2 nitrogen and oxygen atoms in total. The zero-order valence-electron chi connectivity index (χ0n) is 10.1. The van der Waals surface area contributed by atoms with Crippen molar-refractivity contribution in [3.8, 4) is 0 Å². The molecule has 96 valence electrons. The van der Waals surface area contributed by atoms with E-state index >= 15 is 0 Å². The highest BCUT2D eigenvalue weighted by atomic mass is 35.5. The number of nitrogens with one attached hydrogen (secondary N) is 1. The van der Waals surface area contributed by atoms with Crippen molar-refractivity contribution in [2.75, 3.05) is 6.54 Å². The lowest BCUT2D eigenvalue weighted by Crippen LogP contribution is -2.14. The van der Waals surface area contributed by atoms with Gasteiger partial charge in [-0.25, -0.2) is 4.98 Å². The van der Waals surface area contributed by atoms with Gasteiger partial charge in [-0.05, 0) is 36.7 Å². The molecule has 1 aromatic heterocycles. The summed E-state index contributed by atoms with van der Waals surface area (Å²) < 4.78 is 1.06. The van der Waals surface area contributed by atoms with Crippen LogP contribution in [0, 0.1) is 0 Å². The van der Waals surface area contributed by atoms with Crippen LogP contribution in [0.4, 0.5) is 0 Å². The molecule has 0 atom stereocenters. The first kappa shape index (κ1) is 13.9. The fourth-order valence-electron chi connectivity index (χ4n) is 1.54. The Kier molecular flexibility index (Phi) is 5.50. The third kappa shape index (κ3) is 3.99. The van der Waals surface area contributed by atoms with Gasteiger partial charge in [-0.3, -0.25) is 0 Å². The predicted molar refractivity (Wildman–Crippen MR) is 79.7 cm³/mol. The van der Waals surface area contributed by atoms with Crippen LogP contribution in [-0.2, 0) is 6.54 Å². The van der Waals surface area contributed by atoms with Gasteiger partial charge in [-0.1, -0.05) is 30.3 Å². The minimum absolute atomic E-state index is 0.784.